The molecule has 1 amide bonds. The number of carboxylic acids is 1. The van der Waals surface area contributed by atoms with E-state index in [2.05, 4.69) is 0 Å². The number of phenols is 1. The van der Waals surface area contributed by atoms with Crippen molar-refractivity contribution >= 4 is 12.1 Å². The summed E-state index contributed by atoms with van der Waals surface area (Å²) in [6, 6.07) is 1.33. The molecule has 0 radical (unpaired) electrons. The first-order valence-corrected chi connectivity index (χ1v) is 7.32. The van der Waals surface area contributed by atoms with E-state index in [1.807, 2.05) is 0 Å². The van der Waals surface area contributed by atoms with Gasteiger partial charge in [0.05, 0.1) is 0 Å². The van der Waals surface area contributed by atoms with Crippen molar-refractivity contribution in [1.29, 1.82) is 0 Å². The Labute approximate surface area is 133 Å². The van der Waals surface area contributed by atoms with Crippen LogP contribution in [0.5, 0.6) is 5.75 Å². The van der Waals surface area contributed by atoms with Gasteiger partial charge in [0.15, 0.2) is 6.04 Å². The van der Waals surface area contributed by atoms with Crippen molar-refractivity contribution in [1.82, 2.24) is 4.90 Å². The molecule has 7 heteroatoms. The lowest BCUT2D eigenvalue weighted by molar-refractivity contribution is -0.143. The largest absolute Gasteiger partial charge is 0.508 e. The third-order valence-electron chi connectivity index (χ3n) is 3.28. The quantitative estimate of drug-likeness (QED) is 0.888. The summed E-state index contributed by atoms with van der Waals surface area (Å²) in [6.45, 7) is 5.04. The predicted octanol–water partition coefficient (Wildman–Crippen LogP) is 3.06. The van der Waals surface area contributed by atoms with Crippen LogP contribution in [0.1, 0.15) is 45.2 Å². The maximum Gasteiger partial charge on any atom is 0.411 e. The molecule has 0 saturated heterocycles. The van der Waals surface area contributed by atoms with Crippen molar-refractivity contribution in [3.63, 3.8) is 0 Å². The number of benzene rings is 1. The molecule has 0 bridgehead atoms. The summed E-state index contributed by atoms with van der Waals surface area (Å²) < 4.78 is 18.8. The highest BCUT2D eigenvalue weighted by atomic mass is 19.1. The van der Waals surface area contributed by atoms with Crippen LogP contribution in [0.3, 0.4) is 0 Å². The number of carbonyl (C=O) groups is 2. The number of hydrogen-bond donors (Lipinski definition) is 2. The molecule has 1 saturated carbocycles. The molecule has 1 aliphatic carbocycles. The van der Waals surface area contributed by atoms with Crippen LogP contribution in [-0.2, 0) is 9.53 Å². The molecule has 126 valence electrons. The van der Waals surface area contributed by atoms with Crippen molar-refractivity contribution in [2.75, 3.05) is 0 Å². The number of aliphatic carboxylic acids is 1. The lowest BCUT2D eigenvalue weighted by Crippen LogP contribution is -2.43. The average molecular weight is 325 g/mol. The van der Waals surface area contributed by atoms with Gasteiger partial charge in [-0.25, -0.2) is 14.0 Å². The minimum absolute atomic E-state index is 0.00670. The molecule has 0 heterocycles. The summed E-state index contributed by atoms with van der Waals surface area (Å²) in [5, 5.41) is 19.1. The summed E-state index contributed by atoms with van der Waals surface area (Å²) in [4.78, 5) is 25.2. The van der Waals surface area contributed by atoms with E-state index in [1.165, 1.54) is 0 Å². The van der Waals surface area contributed by atoms with Gasteiger partial charge in [0.25, 0.3) is 0 Å². The van der Waals surface area contributed by atoms with Crippen LogP contribution in [-0.4, -0.2) is 38.8 Å². The Morgan fingerprint density at radius 3 is 2.35 bits per heavy atom. The molecule has 2 N–H and O–H groups in total. The van der Waals surface area contributed by atoms with Crippen LogP contribution in [0.15, 0.2) is 18.2 Å². The van der Waals surface area contributed by atoms with Crippen LogP contribution in [0, 0.1) is 5.82 Å². The van der Waals surface area contributed by atoms with Gasteiger partial charge in [0.2, 0.25) is 0 Å². The van der Waals surface area contributed by atoms with E-state index in [1.54, 1.807) is 20.8 Å². The zero-order chi connectivity index (χ0) is 17.4. The second-order valence-corrected chi connectivity index (χ2v) is 6.60. The molecule has 6 nitrogen and oxygen atoms in total. The Balaban J connectivity index is 2.40. The van der Waals surface area contributed by atoms with E-state index in [9.17, 15) is 24.2 Å². The third-order valence-corrected chi connectivity index (χ3v) is 3.28. The fourth-order valence-electron chi connectivity index (χ4n) is 2.31. The number of halogens is 1. The summed E-state index contributed by atoms with van der Waals surface area (Å²) in [6.07, 6.45) is 0.547. The van der Waals surface area contributed by atoms with E-state index in [4.69, 9.17) is 4.74 Å². The first kappa shape index (κ1) is 17.1. The summed E-state index contributed by atoms with van der Waals surface area (Å²) in [5.74, 6) is -2.48. The van der Waals surface area contributed by atoms with Crippen molar-refractivity contribution in [3.05, 3.63) is 29.6 Å². The maximum atomic E-state index is 13.5. The van der Waals surface area contributed by atoms with E-state index >= 15 is 0 Å². The Morgan fingerprint density at radius 1 is 1.30 bits per heavy atom. The Kier molecular flexibility index (Phi) is 4.49. The SMILES string of the molecule is CC(C)(C)OC(=O)N(C1CC1)C(C(=O)O)c1cc(O)cc(F)c1. The van der Waals surface area contributed by atoms with Gasteiger partial charge in [-0.1, -0.05) is 0 Å². The number of ether oxygens (including phenoxy) is 1. The molecule has 1 aliphatic rings. The van der Waals surface area contributed by atoms with Gasteiger partial charge in [0, 0.05) is 12.1 Å². The lowest BCUT2D eigenvalue weighted by atomic mass is 10.0. The van der Waals surface area contributed by atoms with Crippen LogP contribution >= 0.6 is 0 Å². The predicted molar refractivity (Wildman–Crippen MR) is 79.5 cm³/mol. The zero-order valence-corrected chi connectivity index (χ0v) is 13.2. The molecule has 0 aliphatic heterocycles. The molecular weight excluding hydrogens is 305 g/mol. The number of amides is 1. The van der Waals surface area contributed by atoms with Crippen molar-refractivity contribution in [2.24, 2.45) is 0 Å². The average Bonchev–Trinajstić information content (AvgIpc) is 3.15. The lowest BCUT2D eigenvalue weighted by Gasteiger charge is -2.31. The molecule has 1 fully saturated rings. The molecule has 0 spiro atoms. The first-order valence-electron chi connectivity index (χ1n) is 7.32. The van der Waals surface area contributed by atoms with Gasteiger partial charge in [-0.2, -0.15) is 0 Å². The van der Waals surface area contributed by atoms with Crippen molar-refractivity contribution in [2.45, 2.75) is 51.3 Å². The molecule has 1 aromatic rings. The topological polar surface area (TPSA) is 87.1 Å². The molecule has 0 aromatic heterocycles. The zero-order valence-electron chi connectivity index (χ0n) is 13.2. The summed E-state index contributed by atoms with van der Waals surface area (Å²) in [7, 11) is 0. The van der Waals surface area contributed by atoms with Gasteiger partial charge >= 0.3 is 12.1 Å². The molecule has 23 heavy (non-hydrogen) atoms. The van der Waals surface area contributed by atoms with Gasteiger partial charge in [0.1, 0.15) is 17.2 Å². The smallest absolute Gasteiger partial charge is 0.411 e. The van der Waals surface area contributed by atoms with E-state index in [0.29, 0.717) is 12.8 Å². The van der Waals surface area contributed by atoms with Crippen LogP contribution in [0.25, 0.3) is 0 Å². The number of rotatable bonds is 4. The Bertz CT molecular complexity index is 601. The second kappa shape index (κ2) is 6.06. The minimum atomic E-state index is -1.42. The minimum Gasteiger partial charge on any atom is -0.508 e. The number of hydrogen-bond acceptors (Lipinski definition) is 4. The van der Waals surface area contributed by atoms with Crippen LogP contribution in [0.2, 0.25) is 0 Å². The van der Waals surface area contributed by atoms with Crippen molar-refractivity contribution in [3.8, 4) is 5.75 Å². The van der Waals surface area contributed by atoms with Gasteiger partial charge in [-0.05, 0) is 51.3 Å². The van der Waals surface area contributed by atoms with E-state index in [0.717, 1.165) is 23.1 Å². The van der Waals surface area contributed by atoms with Gasteiger partial charge < -0.3 is 14.9 Å². The standard InChI is InChI=1S/C16H20FNO5/c1-16(2,3)23-15(22)18(11-4-5-11)13(14(20)21)9-6-10(17)8-12(19)7-9/h6-8,11,13,19H,4-5H2,1-3H3,(H,20,21). The normalized spacial score (nSPS) is 15.8. The fraction of sp³-hybridized carbons (Fsp3) is 0.500. The second-order valence-electron chi connectivity index (χ2n) is 6.60. The first-order chi connectivity index (χ1) is 10.6. The highest BCUT2D eigenvalue weighted by Crippen LogP contribution is 2.37. The number of nitrogens with zero attached hydrogens (tertiary/aromatic N) is 1. The van der Waals surface area contributed by atoms with E-state index < -0.39 is 35.3 Å². The summed E-state index contributed by atoms with van der Waals surface area (Å²) in [5.41, 5.74) is -0.787. The maximum absolute atomic E-state index is 13.5. The molecule has 1 unspecified atom stereocenters. The van der Waals surface area contributed by atoms with E-state index in [-0.39, 0.29) is 11.6 Å². The number of phenolic OH excluding ortho intramolecular Hbond substituents is 1. The molecule has 1 atom stereocenters. The van der Waals surface area contributed by atoms with Gasteiger partial charge in [-0.15, -0.1) is 0 Å². The Hall–Kier alpha value is -2.31. The highest BCUT2D eigenvalue weighted by Gasteiger charge is 2.43. The molecule has 2 rings (SSSR count). The summed E-state index contributed by atoms with van der Waals surface area (Å²) >= 11 is 0. The number of carbonyl (C=O) groups excluding carboxylic acids is 1. The van der Waals surface area contributed by atoms with Crippen LogP contribution in [0.4, 0.5) is 9.18 Å². The molecular formula is C16H20FNO5. The number of carboxylic acid groups (broad SMARTS) is 1. The molecule has 1 aromatic carbocycles. The fourth-order valence-corrected chi connectivity index (χ4v) is 2.31. The van der Waals surface area contributed by atoms with Gasteiger partial charge in [-0.3, -0.25) is 4.90 Å². The van der Waals surface area contributed by atoms with Crippen LogP contribution < -0.4 is 0 Å². The third kappa shape index (κ3) is 4.34. The monoisotopic (exact) mass is 325 g/mol. The highest BCUT2D eigenvalue weighted by molar-refractivity contribution is 5.82. The van der Waals surface area contributed by atoms with Crippen molar-refractivity contribution < 1.29 is 28.9 Å². The number of aromatic hydroxyl groups is 1. The Morgan fingerprint density at radius 2 is 1.91 bits per heavy atom.